The average molecular weight is 333 g/mol. The van der Waals surface area contributed by atoms with Gasteiger partial charge in [-0.3, -0.25) is 0 Å². The van der Waals surface area contributed by atoms with Crippen molar-refractivity contribution >= 4 is 45.4 Å². The second-order valence-electron chi connectivity index (χ2n) is 3.54. The number of rotatable bonds is 7. The molecule has 0 unspecified atom stereocenters. The molecular formula is C13H18OS2Se. The first-order valence-corrected chi connectivity index (χ1v) is 10.7. The van der Waals surface area contributed by atoms with Crippen molar-refractivity contribution < 1.29 is 4.79 Å². The second-order valence-corrected chi connectivity index (χ2v) is 8.87. The molecule has 1 rings (SSSR count). The molecule has 0 aliphatic rings. The van der Waals surface area contributed by atoms with Crippen LogP contribution in [-0.2, 0) is 0 Å². The van der Waals surface area contributed by atoms with Gasteiger partial charge in [-0.1, -0.05) is 0 Å². The standard InChI is InChI=1S/C13H18OS2Se/c1-3-9-15-13(14)11-7-5-6-8-12(11)17-16-10-4-2/h5-8H,3-4,9-10H2,1-2H3. The van der Waals surface area contributed by atoms with Crippen LogP contribution in [0.5, 0.6) is 0 Å². The summed E-state index contributed by atoms with van der Waals surface area (Å²) in [4.78, 5) is 12.0. The summed E-state index contributed by atoms with van der Waals surface area (Å²) >= 11 is 1.81. The zero-order valence-electron chi connectivity index (χ0n) is 10.3. The number of thioether (sulfide) groups is 1. The SMILES string of the molecule is CCCS[Se]c1ccccc1C(=O)SCCC. The third-order valence-corrected chi connectivity index (χ3v) is 7.62. The van der Waals surface area contributed by atoms with E-state index < -0.39 is 0 Å². The zero-order chi connectivity index (χ0) is 12.5. The number of carbonyl (C=O) groups is 1. The van der Waals surface area contributed by atoms with Crippen molar-refractivity contribution in [2.75, 3.05) is 11.5 Å². The van der Waals surface area contributed by atoms with Gasteiger partial charge in [-0.25, -0.2) is 0 Å². The molecule has 0 spiro atoms. The first-order chi connectivity index (χ1) is 8.29. The molecule has 1 nitrogen and oxygen atoms in total. The van der Waals surface area contributed by atoms with Crippen molar-refractivity contribution in [2.45, 2.75) is 26.7 Å². The van der Waals surface area contributed by atoms with E-state index >= 15 is 0 Å². The molecule has 1 aromatic carbocycles. The fraction of sp³-hybridized carbons (Fsp3) is 0.462. The Morgan fingerprint density at radius 3 is 2.59 bits per heavy atom. The van der Waals surface area contributed by atoms with Crippen LogP contribution in [0.1, 0.15) is 37.0 Å². The van der Waals surface area contributed by atoms with Gasteiger partial charge in [0.25, 0.3) is 0 Å². The molecule has 0 atom stereocenters. The van der Waals surface area contributed by atoms with Crippen LogP contribution in [0, 0.1) is 0 Å². The van der Waals surface area contributed by atoms with Crippen molar-refractivity contribution in [1.29, 1.82) is 0 Å². The Labute approximate surface area is 118 Å². The van der Waals surface area contributed by atoms with E-state index in [0.29, 0.717) is 13.8 Å². The topological polar surface area (TPSA) is 17.1 Å². The Balaban J connectivity index is 2.66. The number of hydrogen-bond acceptors (Lipinski definition) is 3. The molecule has 0 aliphatic carbocycles. The summed E-state index contributed by atoms with van der Waals surface area (Å²) in [6.07, 6.45) is 2.25. The van der Waals surface area contributed by atoms with Gasteiger partial charge in [0.1, 0.15) is 0 Å². The number of hydrogen-bond donors (Lipinski definition) is 0. The van der Waals surface area contributed by atoms with Crippen LogP contribution in [0.2, 0.25) is 0 Å². The van der Waals surface area contributed by atoms with Gasteiger partial charge in [-0.15, -0.1) is 0 Å². The Bertz CT molecular complexity index is 355. The van der Waals surface area contributed by atoms with Crippen molar-refractivity contribution in [3.63, 3.8) is 0 Å². The fourth-order valence-corrected chi connectivity index (χ4v) is 6.35. The normalized spacial score (nSPS) is 10.5. The van der Waals surface area contributed by atoms with E-state index in [1.807, 2.05) is 28.4 Å². The van der Waals surface area contributed by atoms with Gasteiger partial charge in [0.2, 0.25) is 0 Å². The molecule has 94 valence electrons. The molecule has 0 amide bonds. The average Bonchev–Trinajstić information content (AvgIpc) is 2.37. The van der Waals surface area contributed by atoms with Crippen molar-refractivity contribution in [2.24, 2.45) is 0 Å². The summed E-state index contributed by atoms with van der Waals surface area (Å²) in [7, 11) is 1.96. The van der Waals surface area contributed by atoms with Gasteiger partial charge in [0, 0.05) is 0 Å². The van der Waals surface area contributed by atoms with Crippen molar-refractivity contribution in [3.05, 3.63) is 29.8 Å². The second kappa shape index (κ2) is 9.09. The predicted molar refractivity (Wildman–Crippen MR) is 81.7 cm³/mol. The molecule has 0 bridgehead atoms. The molecule has 0 saturated heterocycles. The maximum absolute atomic E-state index is 12.0. The van der Waals surface area contributed by atoms with E-state index in [1.54, 1.807) is 0 Å². The van der Waals surface area contributed by atoms with E-state index in [0.717, 1.165) is 17.7 Å². The third-order valence-electron chi connectivity index (χ3n) is 1.98. The molecule has 4 heteroatoms. The fourth-order valence-electron chi connectivity index (χ4n) is 1.17. The molecule has 0 saturated carbocycles. The summed E-state index contributed by atoms with van der Waals surface area (Å²) < 4.78 is 1.24. The van der Waals surface area contributed by atoms with Gasteiger partial charge < -0.3 is 0 Å². The molecule has 0 aliphatic heterocycles. The van der Waals surface area contributed by atoms with Gasteiger partial charge >= 0.3 is 118 Å². The predicted octanol–water partition coefficient (Wildman–Crippen LogP) is 3.36. The number of benzene rings is 1. The summed E-state index contributed by atoms with van der Waals surface area (Å²) in [6, 6.07) is 8.06. The van der Waals surface area contributed by atoms with Crippen LogP contribution in [0.4, 0.5) is 0 Å². The summed E-state index contributed by atoms with van der Waals surface area (Å²) in [5.41, 5.74) is 0.926. The summed E-state index contributed by atoms with van der Waals surface area (Å²) in [5, 5.41) is 0.237. The van der Waals surface area contributed by atoms with Crippen LogP contribution in [-0.4, -0.2) is 30.5 Å². The van der Waals surface area contributed by atoms with Crippen LogP contribution >= 0.6 is 21.9 Å². The molecule has 0 fully saturated rings. The molecular weight excluding hydrogens is 315 g/mol. The molecule has 0 radical (unpaired) electrons. The Hall–Kier alpha value is 0.109. The van der Waals surface area contributed by atoms with Crippen LogP contribution in [0.15, 0.2) is 24.3 Å². The zero-order valence-corrected chi connectivity index (χ0v) is 13.6. The van der Waals surface area contributed by atoms with Gasteiger partial charge in [-0.2, -0.15) is 0 Å². The van der Waals surface area contributed by atoms with Gasteiger partial charge in [0.05, 0.1) is 0 Å². The van der Waals surface area contributed by atoms with Crippen LogP contribution in [0.3, 0.4) is 0 Å². The molecule has 0 heterocycles. The molecule has 17 heavy (non-hydrogen) atoms. The molecule has 0 N–H and O–H groups in total. The summed E-state index contributed by atoms with van der Waals surface area (Å²) in [5.74, 6) is 2.10. The van der Waals surface area contributed by atoms with Crippen molar-refractivity contribution in [3.8, 4) is 0 Å². The van der Waals surface area contributed by atoms with E-state index in [4.69, 9.17) is 0 Å². The molecule has 0 aromatic heterocycles. The van der Waals surface area contributed by atoms with E-state index in [-0.39, 0.29) is 5.12 Å². The first-order valence-electron chi connectivity index (χ1n) is 5.85. The minimum absolute atomic E-state index is 0.237. The maximum atomic E-state index is 12.0. The van der Waals surface area contributed by atoms with Crippen LogP contribution < -0.4 is 4.46 Å². The van der Waals surface area contributed by atoms with Crippen LogP contribution in [0.25, 0.3) is 0 Å². The Morgan fingerprint density at radius 1 is 1.18 bits per heavy atom. The Morgan fingerprint density at radius 2 is 1.88 bits per heavy atom. The van der Waals surface area contributed by atoms with Gasteiger partial charge in [0.15, 0.2) is 0 Å². The van der Waals surface area contributed by atoms with Crippen molar-refractivity contribution in [1.82, 2.24) is 0 Å². The van der Waals surface area contributed by atoms with E-state index in [9.17, 15) is 4.79 Å². The summed E-state index contributed by atoms with van der Waals surface area (Å²) in [6.45, 7) is 4.30. The van der Waals surface area contributed by atoms with E-state index in [1.165, 1.54) is 28.4 Å². The van der Waals surface area contributed by atoms with E-state index in [2.05, 4.69) is 19.9 Å². The minimum atomic E-state index is 0.237. The first kappa shape index (κ1) is 15.2. The Kier molecular flexibility index (Phi) is 8.11. The quantitative estimate of drug-likeness (QED) is 0.563. The molecule has 1 aromatic rings. The van der Waals surface area contributed by atoms with Gasteiger partial charge in [-0.05, 0) is 0 Å². The third kappa shape index (κ3) is 5.52. The monoisotopic (exact) mass is 334 g/mol. The number of carbonyl (C=O) groups excluding carboxylic acids is 1.